The number of ether oxygens (including phenoxy) is 2. The maximum absolute atomic E-state index is 12.5. The van der Waals surface area contributed by atoms with Crippen LogP contribution in [0.4, 0.5) is 0 Å². The van der Waals surface area contributed by atoms with Crippen molar-refractivity contribution in [1.82, 2.24) is 20.6 Å². The number of carbonyl (C=O) groups is 2. The Morgan fingerprint density at radius 3 is 2.23 bits per heavy atom. The van der Waals surface area contributed by atoms with Gasteiger partial charge in [0, 0.05) is 50.5 Å². The average molecular weight is 713 g/mol. The van der Waals surface area contributed by atoms with Gasteiger partial charge in [-0.05, 0) is 98.1 Å². The molecule has 2 amide bonds. The monoisotopic (exact) mass is 712 g/mol. The number of nitrogens with zero attached hydrogens (tertiary/aromatic N) is 2. The van der Waals surface area contributed by atoms with Gasteiger partial charge >= 0.3 is 0 Å². The molecule has 3 aromatic carbocycles. The predicted molar refractivity (Wildman–Crippen MR) is 200 cm³/mol. The van der Waals surface area contributed by atoms with E-state index in [0.717, 1.165) is 78.7 Å². The summed E-state index contributed by atoms with van der Waals surface area (Å²) in [6.07, 6.45) is 9.15. The predicted octanol–water partition coefficient (Wildman–Crippen LogP) is 6.41. The Morgan fingerprint density at radius 2 is 1.48 bits per heavy atom. The minimum absolute atomic E-state index is 0.0125. The van der Waals surface area contributed by atoms with Gasteiger partial charge in [-0.3, -0.25) is 19.7 Å². The minimum Gasteiger partial charge on any atom is -0.392 e. The van der Waals surface area contributed by atoms with Gasteiger partial charge in [-0.25, -0.2) is 5.48 Å². The second kappa shape index (κ2) is 19.4. The molecule has 4 atom stereocenters. The Kier molecular flexibility index (Phi) is 14.2. The zero-order valence-electron chi connectivity index (χ0n) is 30.4. The van der Waals surface area contributed by atoms with E-state index in [1.165, 1.54) is 38.8 Å². The van der Waals surface area contributed by atoms with Crippen LogP contribution in [0.1, 0.15) is 105 Å². The third-order valence-corrected chi connectivity index (χ3v) is 10.8. The van der Waals surface area contributed by atoms with E-state index in [-0.39, 0.29) is 30.6 Å². The maximum atomic E-state index is 12.5. The molecule has 52 heavy (non-hydrogen) atoms. The molecule has 0 aromatic heterocycles. The fraction of sp³-hybridized carbons (Fsp3) is 0.524. The lowest BCUT2D eigenvalue weighted by Crippen LogP contribution is -2.45. The number of hydrogen-bond donors (Lipinski definition) is 4. The molecule has 3 fully saturated rings. The van der Waals surface area contributed by atoms with Crippen molar-refractivity contribution in [2.75, 3.05) is 32.7 Å². The van der Waals surface area contributed by atoms with Crippen molar-refractivity contribution in [3.05, 3.63) is 95.1 Å². The van der Waals surface area contributed by atoms with Crippen LogP contribution in [0.15, 0.2) is 72.8 Å². The van der Waals surface area contributed by atoms with Gasteiger partial charge in [-0.15, -0.1) is 0 Å². The van der Waals surface area contributed by atoms with E-state index < -0.39 is 6.29 Å². The first-order valence-electron chi connectivity index (χ1n) is 19.3. The molecule has 10 heteroatoms. The number of unbranched alkanes of at least 4 members (excludes halogenated alkanes) is 3. The van der Waals surface area contributed by atoms with Crippen molar-refractivity contribution in [3.8, 4) is 11.1 Å². The molecule has 3 heterocycles. The third-order valence-electron chi connectivity index (χ3n) is 10.8. The minimum atomic E-state index is -0.518. The topological polar surface area (TPSA) is 124 Å². The van der Waals surface area contributed by atoms with Crippen LogP contribution in [-0.4, -0.2) is 76.8 Å². The lowest BCUT2D eigenvalue weighted by Gasteiger charge is -2.39. The van der Waals surface area contributed by atoms with Gasteiger partial charge < -0.3 is 24.8 Å². The number of aliphatic hydroxyl groups excluding tert-OH is 1. The maximum Gasteiger partial charge on any atom is 0.243 e. The van der Waals surface area contributed by atoms with E-state index in [1.54, 1.807) is 5.48 Å². The van der Waals surface area contributed by atoms with E-state index in [9.17, 15) is 14.7 Å². The van der Waals surface area contributed by atoms with Crippen LogP contribution in [0.25, 0.3) is 11.1 Å². The largest absolute Gasteiger partial charge is 0.392 e. The highest BCUT2D eigenvalue weighted by Crippen LogP contribution is 2.39. The molecule has 3 saturated heterocycles. The normalized spacial score (nSPS) is 22.4. The number of benzene rings is 3. The van der Waals surface area contributed by atoms with Crippen molar-refractivity contribution in [2.24, 2.45) is 0 Å². The zero-order valence-corrected chi connectivity index (χ0v) is 30.4. The van der Waals surface area contributed by atoms with Crippen LogP contribution in [0.3, 0.4) is 0 Å². The van der Waals surface area contributed by atoms with Gasteiger partial charge in [-0.1, -0.05) is 73.5 Å². The van der Waals surface area contributed by atoms with Crippen LogP contribution >= 0.6 is 0 Å². The summed E-state index contributed by atoms with van der Waals surface area (Å²) < 4.78 is 13.5. The summed E-state index contributed by atoms with van der Waals surface area (Å²) in [5, 5.41) is 21.3. The Hall–Kier alpha value is -3.64. The number of aliphatic hydroxyl groups is 1. The Morgan fingerprint density at radius 1 is 0.750 bits per heavy atom. The van der Waals surface area contributed by atoms with E-state index in [2.05, 4.69) is 63.6 Å². The second-order valence-electron chi connectivity index (χ2n) is 14.7. The summed E-state index contributed by atoms with van der Waals surface area (Å²) in [5.41, 5.74) is 7.76. The first-order valence-corrected chi connectivity index (χ1v) is 19.3. The number of hydroxylamine groups is 1. The SMILES string of the molecule is O=C(CCCCCCC(=O)NCc1cccc(-c2cccc(C3OC(CN4CCCC4CN4CCCC4)CC(c4ccc(CO)cc4)O3)c2)c1)NO. The number of amides is 2. The van der Waals surface area contributed by atoms with E-state index in [0.29, 0.717) is 31.8 Å². The third kappa shape index (κ3) is 10.9. The number of rotatable bonds is 17. The highest BCUT2D eigenvalue weighted by Gasteiger charge is 2.36. The van der Waals surface area contributed by atoms with Crippen LogP contribution in [0.5, 0.6) is 0 Å². The molecule has 0 bridgehead atoms. The van der Waals surface area contributed by atoms with Crippen LogP contribution in [0.2, 0.25) is 0 Å². The van der Waals surface area contributed by atoms with E-state index in [4.69, 9.17) is 14.7 Å². The molecule has 4 unspecified atom stereocenters. The number of carbonyl (C=O) groups excluding carboxylic acids is 2. The summed E-state index contributed by atoms with van der Waals surface area (Å²) in [5.74, 6) is -0.362. The van der Waals surface area contributed by atoms with Crippen molar-refractivity contribution < 1.29 is 29.4 Å². The zero-order chi connectivity index (χ0) is 36.1. The smallest absolute Gasteiger partial charge is 0.243 e. The Labute approximate surface area is 308 Å². The number of hydrogen-bond acceptors (Lipinski definition) is 8. The lowest BCUT2D eigenvalue weighted by atomic mass is 9.98. The highest BCUT2D eigenvalue weighted by molar-refractivity contribution is 5.76. The molecule has 3 aromatic rings. The van der Waals surface area contributed by atoms with Gasteiger partial charge in [0.05, 0.1) is 18.8 Å². The molecule has 0 saturated carbocycles. The quantitative estimate of drug-likeness (QED) is 0.0720. The van der Waals surface area contributed by atoms with Crippen molar-refractivity contribution in [1.29, 1.82) is 0 Å². The lowest BCUT2D eigenvalue weighted by molar-refractivity contribution is -0.253. The Bertz CT molecular complexity index is 1580. The molecular formula is C42H56N4O6. The molecular weight excluding hydrogens is 656 g/mol. The number of nitrogens with one attached hydrogen (secondary N) is 2. The average Bonchev–Trinajstić information content (AvgIpc) is 3.87. The van der Waals surface area contributed by atoms with Gasteiger partial charge in [-0.2, -0.15) is 0 Å². The van der Waals surface area contributed by atoms with Crippen LogP contribution in [-0.2, 0) is 32.2 Å². The Balaban J connectivity index is 1.09. The highest BCUT2D eigenvalue weighted by atomic mass is 16.7. The standard InChI is InChI=1S/C42H56N4O6/c47-30-31-17-19-33(20-18-31)39-26-38(29-46-23-9-14-37(46)28-45-21-5-6-22-45)51-42(52-39)36-13-8-12-35(25-36)34-11-7-10-32(24-34)27-43-40(48)15-3-1-2-4-16-41(49)44-50/h7-8,10-13,17-20,24-25,37-39,42,47,50H,1-6,9,14-16,21-23,26-30H2,(H,43,48)(H,44,49). The molecule has 0 aliphatic carbocycles. The molecule has 4 N–H and O–H groups in total. The first kappa shape index (κ1) is 38.1. The van der Waals surface area contributed by atoms with Gasteiger partial charge in [0.15, 0.2) is 6.29 Å². The summed E-state index contributed by atoms with van der Waals surface area (Å²) in [4.78, 5) is 28.9. The van der Waals surface area contributed by atoms with Gasteiger partial charge in [0.25, 0.3) is 0 Å². The fourth-order valence-corrected chi connectivity index (χ4v) is 7.90. The fourth-order valence-electron chi connectivity index (χ4n) is 7.90. The van der Waals surface area contributed by atoms with Crippen molar-refractivity contribution in [2.45, 2.75) is 108 Å². The molecule has 3 aliphatic rings. The summed E-state index contributed by atoms with van der Waals surface area (Å²) in [7, 11) is 0. The molecule has 3 aliphatic heterocycles. The summed E-state index contributed by atoms with van der Waals surface area (Å²) in [6.45, 7) is 6.06. The summed E-state index contributed by atoms with van der Waals surface area (Å²) in [6, 6.07) is 25.3. The van der Waals surface area contributed by atoms with Gasteiger partial charge in [0.1, 0.15) is 0 Å². The molecule has 6 rings (SSSR count). The first-order chi connectivity index (χ1) is 25.5. The summed E-state index contributed by atoms with van der Waals surface area (Å²) >= 11 is 0. The number of likely N-dealkylation sites (tertiary alicyclic amines) is 2. The molecule has 0 spiro atoms. The van der Waals surface area contributed by atoms with Crippen LogP contribution in [0, 0.1) is 0 Å². The van der Waals surface area contributed by atoms with Crippen LogP contribution < -0.4 is 10.8 Å². The molecule has 10 nitrogen and oxygen atoms in total. The van der Waals surface area contributed by atoms with E-state index in [1.807, 2.05) is 24.3 Å². The second-order valence-corrected chi connectivity index (χ2v) is 14.7. The van der Waals surface area contributed by atoms with Crippen molar-refractivity contribution in [3.63, 3.8) is 0 Å². The molecule has 0 radical (unpaired) electrons. The van der Waals surface area contributed by atoms with E-state index >= 15 is 0 Å². The molecule has 280 valence electrons. The van der Waals surface area contributed by atoms with Gasteiger partial charge in [0.2, 0.25) is 11.8 Å². The van der Waals surface area contributed by atoms with Crippen molar-refractivity contribution >= 4 is 11.8 Å².